The number of alkyl halides is 3. The molecule has 0 aromatic rings. The third-order valence-corrected chi connectivity index (χ3v) is 5.25. The molecule has 2 aliphatic rings. The normalized spacial score (nSPS) is 32.4. The van der Waals surface area contributed by atoms with Gasteiger partial charge in [-0.25, -0.2) is 0 Å². The summed E-state index contributed by atoms with van der Waals surface area (Å²) >= 11 is 0. The molecule has 20 heavy (non-hydrogen) atoms. The molecule has 0 radical (unpaired) electrons. The molecular weight excluding hydrogens is 265 g/mol. The van der Waals surface area contributed by atoms with E-state index in [1.54, 1.807) is 0 Å². The Kier molecular flexibility index (Phi) is 4.53. The van der Waals surface area contributed by atoms with Crippen LogP contribution in [-0.2, 0) is 4.74 Å². The molecule has 2 saturated carbocycles. The Bertz CT molecular complexity index is 363. The molecule has 116 valence electrons. The van der Waals surface area contributed by atoms with Crippen molar-refractivity contribution in [2.45, 2.75) is 64.1 Å². The third-order valence-electron chi connectivity index (χ3n) is 5.25. The van der Waals surface area contributed by atoms with E-state index in [0.29, 0.717) is 11.8 Å². The smallest absolute Gasteiger partial charge is 0.370 e. The molecule has 2 bridgehead atoms. The minimum atomic E-state index is -4.35. The second kappa shape index (κ2) is 5.70. The molecular formula is C16H25F3O. The maximum atomic E-state index is 12.6. The average Bonchev–Trinajstić information content (AvgIpc) is 2.97. The lowest BCUT2D eigenvalue weighted by Gasteiger charge is -2.40. The van der Waals surface area contributed by atoms with Crippen LogP contribution in [0.3, 0.4) is 0 Å². The Hall–Kier alpha value is -0.510. The maximum Gasteiger partial charge on any atom is 0.414 e. The van der Waals surface area contributed by atoms with Crippen molar-refractivity contribution in [3.05, 3.63) is 12.2 Å². The molecule has 2 aliphatic carbocycles. The predicted octanol–water partition coefficient (Wildman–Crippen LogP) is 5.12. The largest absolute Gasteiger partial charge is 0.414 e. The lowest BCUT2D eigenvalue weighted by molar-refractivity contribution is -0.127. The van der Waals surface area contributed by atoms with Crippen LogP contribution in [0.15, 0.2) is 12.2 Å². The van der Waals surface area contributed by atoms with Crippen LogP contribution in [0, 0.1) is 17.8 Å². The first-order valence-corrected chi connectivity index (χ1v) is 7.65. The van der Waals surface area contributed by atoms with Crippen molar-refractivity contribution in [2.24, 2.45) is 17.8 Å². The van der Waals surface area contributed by atoms with E-state index < -0.39 is 24.0 Å². The second-order valence-electron chi connectivity index (χ2n) is 6.73. The van der Waals surface area contributed by atoms with Gasteiger partial charge in [0.15, 0.2) is 0 Å². The van der Waals surface area contributed by atoms with Crippen LogP contribution in [0.2, 0.25) is 0 Å². The van der Waals surface area contributed by atoms with E-state index in [4.69, 9.17) is 4.74 Å². The second-order valence-corrected chi connectivity index (χ2v) is 6.73. The van der Waals surface area contributed by atoms with Gasteiger partial charge in [-0.05, 0) is 50.4 Å². The number of fused-ring (bicyclic) bond motifs is 2. The zero-order valence-corrected chi connectivity index (χ0v) is 12.4. The van der Waals surface area contributed by atoms with Crippen LogP contribution in [-0.4, -0.2) is 18.4 Å². The number of rotatable bonds is 6. The minimum Gasteiger partial charge on any atom is -0.370 e. The van der Waals surface area contributed by atoms with E-state index >= 15 is 0 Å². The first-order chi connectivity index (χ1) is 9.26. The Balaban J connectivity index is 2.00. The summed E-state index contributed by atoms with van der Waals surface area (Å²) in [4.78, 5) is 0. The molecule has 0 amide bonds. The number of halogens is 3. The first kappa shape index (κ1) is 15.9. The Morgan fingerprint density at radius 1 is 1.25 bits per heavy atom. The quantitative estimate of drug-likeness (QED) is 0.617. The van der Waals surface area contributed by atoms with Gasteiger partial charge in [0.25, 0.3) is 0 Å². The summed E-state index contributed by atoms with van der Waals surface area (Å²) in [7, 11) is 0. The highest BCUT2D eigenvalue weighted by Crippen LogP contribution is 2.54. The minimum absolute atomic E-state index is 0.395. The van der Waals surface area contributed by atoms with Gasteiger partial charge in [0.05, 0.1) is 17.8 Å². The zero-order chi connectivity index (χ0) is 15.0. The van der Waals surface area contributed by atoms with Gasteiger partial charge in [0.2, 0.25) is 0 Å². The molecule has 1 nitrogen and oxygen atoms in total. The van der Waals surface area contributed by atoms with E-state index in [9.17, 15) is 13.2 Å². The van der Waals surface area contributed by atoms with Crippen LogP contribution in [0.25, 0.3) is 0 Å². The SMILES string of the molecule is C=C(COC(C)(CCC)C1CC2CCC1C2)C(F)(F)F. The lowest BCUT2D eigenvalue weighted by atomic mass is 9.75. The fraction of sp³-hybridized carbons (Fsp3) is 0.875. The van der Waals surface area contributed by atoms with Crippen molar-refractivity contribution in [1.82, 2.24) is 0 Å². The molecule has 0 N–H and O–H groups in total. The van der Waals surface area contributed by atoms with Gasteiger partial charge in [-0.2, -0.15) is 13.2 Å². The third kappa shape index (κ3) is 3.21. The summed E-state index contributed by atoms with van der Waals surface area (Å²) in [6.07, 6.45) is 2.29. The Morgan fingerprint density at radius 2 is 1.95 bits per heavy atom. The summed E-state index contributed by atoms with van der Waals surface area (Å²) in [6.45, 7) is 6.79. The van der Waals surface area contributed by atoms with Crippen LogP contribution >= 0.6 is 0 Å². The molecule has 0 spiro atoms. The average molecular weight is 290 g/mol. The van der Waals surface area contributed by atoms with Crippen LogP contribution in [0.5, 0.6) is 0 Å². The van der Waals surface area contributed by atoms with Gasteiger partial charge < -0.3 is 4.74 Å². The molecule has 4 atom stereocenters. The van der Waals surface area contributed by atoms with Crippen LogP contribution < -0.4 is 0 Å². The van der Waals surface area contributed by atoms with Gasteiger partial charge >= 0.3 is 6.18 Å². The highest BCUT2D eigenvalue weighted by Gasteiger charge is 2.49. The Labute approximate surface area is 119 Å². The molecule has 4 unspecified atom stereocenters. The molecule has 2 rings (SSSR count). The predicted molar refractivity (Wildman–Crippen MR) is 73.4 cm³/mol. The number of hydrogen-bond acceptors (Lipinski definition) is 1. The highest BCUT2D eigenvalue weighted by molar-refractivity contribution is 5.05. The fourth-order valence-corrected chi connectivity index (χ4v) is 4.19. The molecule has 0 saturated heterocycles. The fourth-order valence-electron chi connectivity index (χ4n) is 4.19. The topological polar surface area (TPSA) is 9.23 Å². The highest BCUT2D eigenvalue weighted by atomic mass is 19.4. The first-order valence-electron chi connectivity index (χ1n) is 7.65. The standard InChI is InChI=1S/C16H25F3O/c1-4-7-15(3,20-10-11(2)16(17,18)19)14-9-12-5-6-13(14)8-12/h12-14H,2,4-10H2,1,3H3. The van der Waals surface area contributed by atoms with Crippen molar-refractivity contribution in [3.63, 3.8) is 0 Å². The molecule has 0 aromatic carbocycles. The molecule has 0 aliphatic heterocycles. The van der Waals surface area contributed by atoms with Gasteiger partial charge in [0.1, 0.15) is 0 Å². The monoisotopic (exact) mass is 290 g/mol. The van der Waals surface area contributed by atoms with Gasteiger partial charge in [-0.15, -0.1) is 0 Å². The van der Waals surface area contributed by atoms with E-state index in [2.05, 4.69) is 13.5 Å². The van der Waals surface area contributed by atoms with Crippen molar-refractivity contribution < 1.29 is 17.9 Å². The Morgan fingerprint density at radius 3 is 2.40 bits per heavy atom. The van der Waals surface area contributed by atoms with Crippen molar-refractivity contribution >= 4 is 0 Å². The van der Waals surface area contributed by atoms with Crippen LogP contribution in [0.1, 0.15) is 52.4 Å². The van der Waals surface area contributed by atoms with Gasteiger partial charge in [0, 0.05) is 0 Å². The summed E-state index contributed by atoms with van der Waals surface area (Å²) in [6, 6.07) is 0. The lowest BCUT2D eigenvalue weighted by Crippen LogP contribution is -2.41. The molecule has 0 aromatic heterocycles. The molecule has 2 fully saturated rings. The van der Waals surface area contributed by atoms with Crippen LogP contribution in [0.4, 0.5) is 13.2 Å². The number of ether oxygens (including phenoxy) is 1. The number of hydrogen-bond donors (Lipinski definition) is 0. The summed E-state index contributed by atoms with van der Waals surface area (Å²) < 4.78 is 43.4. The van der Waals surface area contributed by atoms with Crippen molar-refractivity contribution in [2.75, 3.05) is 6.61 Å². The van der Waals surface area contributed by atoms with E-state index in [0.717, 1.165) is 25.2 Å². The van der Waals surface area contributed by atoms with E-state index in [1.807, 2.05) is 6.92 Å². The van der Waals surface area contributed by atoms with E-state index in [1.165, 1.54) is 19.3 Å². The van der Waals surface area contributed by atoms with E-state index in [-0.39, 0.29) is 0 Å². The zero-order valence-electron chi connectivity index (χ0n) is 12.4. The summed E-state index contributed by atoms with van der Waals surface area (Å²) in [5.41, 5.74) is -1.20. The molecule has 4 heteroatoms. The van der Waals surface area contributed by atoms with Crippen molar-refractivity contribution in [1.29, 1.82) is 0 Å². The van der Waals surface area contributed by atoms with Crippen molar-refractivity contribution in [3.8, 4) is 0 Å². The van der Waals surface area contributed by atoms with Gasteiger partial charge in [-0.1, -0.05) is 26.3 Å². The van der Waals surface area contributed by atoms with Gasteiger partial charge in [-0.3, -0.25) is 0 Å². The summed E-state index contributed by atoms with van der Waals surface area (Å²) in [5, 5.41) is 0. The maximum absolute atomic E-state index is 12.6. The molecule has 0 heterocycles. The summed E-state index contributed by atoms with van der Waals surface area (Å²) in [5.74, 6) is 1.84.